The van der Waals surface area contributed by atoms with Crippen molar-refractivity contribution in [2.45, 2.75) is 39.8 Å². The van der Waals surface area contributed by atoms with Crippen LogP contribution in [0.3, 0.4) is 0 Å². The third-order valence-electron chi connectivity index (χ3n) is 4.16. The molecule has 0 radical (unpaired) electrons. The number of nitrogens with one attached hydrogen (secondary N) is 1. The van der Waals surface area contributed by atoms with Crippen molar-refractivity contribution in [2.24, 2.45) is 0 Å². The number of fused-ring (bicyclic) bond motifs is 1. The van der Waals surface area contributed by atoms with Crippen LogP contribution >= 0.6 is 0 Å². The second-order valence-electron chi connectivity index (χ2n) is 5.87. The summed E-state index contributed by atoms with van der Waals surface area (Å²) in [6.45, 7) is 7.98. The molecule has 0 saturated carbocycles. The van der Waals surface area contributed by atoms with Crippen LogP contribution in [0, 0.1) is 19.7 Å². The van der Waals surface area contributed by atoms with Crippen molar-refractivity contribution in [3.63, 3.8) is 0 Å². The van der Waals surface area contributed by atoms with Crippen LogP contribution in [0.5, 0.6) is 0 Å². The predicted octanol–water partition coefficient (Wildman–Crippen LogP) is 4.39. The molecule has 0 fully saturated rings. The molecule has 5 heteroatoms. The molecule has 3 aromatic rings. The highest BCUT2D eigenvalue weighted by Gasteiger charge is 2.20. The van der Waals surface area contributed by atoms with Crippen molar-refractivity contribution in [3.8, 4) is 0 Å². The molecule has 0 spiro atoms. The second-order valence-corrected chi connectivity index (χ2v) is 5.87. The van der Waals surface area contributed by atoms with Gasteiger partial charge in [0, 0.05) is 29.4 Å². The van der Waals surface area contributed by atoms with Crippen LogP contribution in [0.2, 0.25) is 0 Å². The van der Waals surface area contributed by atoms with Crippen LogP contribution in [0.4, 0.5) is 4.39 Å². The Bertz CT molecular complexity index is 843. The fourth-order valence-electron chi connectivity index (χ4n) is 3.00. The summed E-state index contributed by atoms with van der Waals surface area (Å²) in [5.41, 5.74) is 3.49. The maximum absolute atomic E-state index is 13.4. The van der Waals surface area contributed by atoms with E-state index in [1.54, 1.807) is 18.5 Å². The Labute approximate surface area is 134 Å². The number of hydrogen-bond acceptors (Lipinski definition) is 4. The number of benzene rings is 1. The summed E-state index contributed by atoms with van der Waals surface area (Å²) in [5.74, 6) is 0.566. The Balaban J connectivity index is 1.87. The van der Waals surface area contributed by atoms with E-state index in [-0.39, 0.29) is 17.9 Å². The average Bonchev–Trinajstić information content (AvgIpc) is 2.84. The van der Waals surface area contributed by atoms with Gasteiger partial charge in [0.25, 0.3) is 0 Å². The molecule has 2 aromatic heterocycles. The molecule has 1 aromatic carbocycles. The van der Waals surface area contributed by atoms with E-state index < -0.39 is 0 Å². The quantitative estimate of drug-likeness (QED) is 0.776. The molecule has 0 aliphatic carbocycles. The van der Waals surface area contributed by atoms with E-state index in [0.717, 1.165) is 28.1 Å². The van der Waals surface area contributed by atoms with E-state index in [1.807, 2.05) is 27.7 Å². The predicted molar refractivity (Wildman–Crippen MR) is 87.6 cm³/mol. The molecule has 1 N–H and O–H groups in total. The van der Waals surface area contributed by atoms with Crippen molar-refractivity contribution in [3.05, 3.63) is 59.1 Å². The van der Waals surface area contributed by atoms with Crippen LogP contribution < -0.4 is 5.32 Å². The lowest BCUT2D eigenvalue weighted by molar-refractivity contribution is 0.409. The van der Waals surface area contributed by atoms with E-state index in [0.29, 0.717) is 5.58 Å². The topological polar surface area (TPSA) is 51.0 Å². The van der Waals surface area contributed by atoms with Crippen LogP contribution in [-0.2, 0) is 0 Å². The maximum atomic E-state index is 13.4. The summed E-state index contributed by atoms with van der Waals surface area (Å²) < 4.78 is 19.3. The molecular formula is C18H20FN3O. The third-order valence-corrected chi connectivity index (χ3v) is 4.16. The average molecular weight is 313 g/mol. The molecule has 23 heavy (non-hydrogen) atoms. The molecule has 0 amide bonds. The van der Waals surface area contributed by atoms with Gasteiger partial charge in [0.1, 0.15) is 17.2 Å². The fourth-order valence-corrected chi connectivity index (χ4v) is 3.00. The van der Waals surface area contributed by atoms with Crippen LogP contribution in [-0.4, -0.2) is 9.97 Å². The van der Waals surface area contributed by atoms with Crippen molar-refractivity contribution in [1.29, 1.82) is 0 Å². The first-order valence-corrected chi connectivity index (χ1v) is 7.69. The lowest BCUT2D eigenvalue weighted by Gasteiger charge is -2.19. The molecule has 4 nitrogen and oxygen atoms in total. The van der Waals surface area contributed by atoms with Gasteiger partial charge < -0.3 is 4.42 Å². The van der Waals surface area contributed by atoms with Crippen molar-refractivity contribution in [1.82, 2.24) is 15.3 Å². The van der Waals surface area contributed by atoms with E-state index in [4.69, 9.17) is 4.42 Å². The Hall–Kier alpha value is -2.27. The summed E-state index contributed by atoms with van der Waals surface area (Å²) in [5, 5.41) is 4.30. The molecule has 2 atom stereocenters. The van der Waals surface area contributed by atoms with E-state index in [2.05, 4.69) is 15.3 Å². The first-order chi connectivity index (χ1) is 11.0. The minimum absolute atomic E-state index is 0.0260. The van der Waals surface area contributed by atoms with Gasteiger partial charge in [0.2, 0.25) is 0 Å². The monoisotopic (exact) mass is 313 g/mol. The van der Waals surface area contributed by atoms with Gasteiger partial charge >= 0.3 is 0 Å². The van der Waals surface area contributed by atoms with Gasteiger partial charge in [-0.1, -0.05) is 0 Å². The summed E-state index contributed by atoms with van der Waals surface area (Å²) >= 11 is 0. The molecule has 0 aliphatic rings. The summed E-state index contributed by atoms with van der Waals surface area (Å²) in [7, 11) is 0. The number of aryl methyl sites for hydroxylation is 2. The summed E-state index contributed by atoms with van der Waals surface area (Å²) in [6, 6.07) is 4.61. The molecule has 0 aliphatic heterocycles. The SMILES string of the molecule is Cc1nccnc1[C@H](C)N[C@H](C)c1oc2ccc(F)cc2c1C. The van der Waals surface area contributed by atoms with Gasteiger partial charge in [0.05, 0.1) is 17.4 Å². The number of aromatic nitrogens is 2. The fraction of sp³-hybridized carbons (Fsp3) is 0.333. The number of hydrogen-bond donors (Lipinski definition) is 1. The minimum atomic E-state index is -0.253. The van der Waals surface area contributed by atoms with Gasteiger partial charge in [-0.05, 0) is 45.9 Å². The van der Waals surface area contributed by atoms with Crippen molar-refractivity contribution < 1.29 is 8.81 Å². The zero-order valence-corrected chi connectivity index (χ0v) is 13.7. The highest BCUT2D eigenvalue weighted by atomic mass is 19.1. The van der Waals surface area contributed by atoms with Gasteiger partial charge in [0.15, 0.2) is 0 Å². The van der Waals surface area contributed by atoms with Gasteiger partial charge in [-0.2, -0.15) is 0 Å². The molecule has 120 valence electrons. The Morgan fingerprint density at radius 3 is 2.57 bits per heavy atom. The van der Waals surface area contributed by atoms with E-state index in [1.165, 1.54) is 12.1 Å². The molecule has 3 rings (SSSR count). The summed E-state index contributed by atoms with van der Waals surface area (Å²) in [4.78, 5) is 8.67. The number of nitrogens with zero attached hydrogens (tertiary/aromatic N) is 2. The number of halogens is 1. The molecule has 0 saturated heterocycles. The van der Waals surface area contributed by atoms with Crippen LogP contribution in [0.15, 0.2) is 35.0 Å². The highest BCUT2D eigenvalue weighted by Crippen LogP contribution is 2.31. The van der Waals surface area contributed by atoms with Gasteiger partial charge in [-0.15, -0.1) is 0 Å². The number of furan rings is 1. The summed E-state index contributed by atoms with van der Waals surface area (Å²) in [6.07, 6.45) is 3.38. The first kappa shape index (κ1) is 15.6. The standard InChI is InChI=1S/C18H20FN3O/c1-10-15-9-14(19)5-6-16(15)23-18(10)13(4)22-12(3)17-11(2)20-7-8-21-17/h5-9,12-13,22H,1-4H3/t12-,13+/m0/s1. The van der Waals surface area contributed by atoms with Gasteiger partial charge in [-0.3, -0.25) is 15.3 Å². The van der Waals surface area contributed by atoms with Gasteiger partial charge in [-0.25, -0.2) is 4.39 Å². The first-order valence-electron chi connectivity index (χ1n) is 7.69. The highest BCUT2D eigenvalue weighted by molar-refractivity contribution is 5.82. The normalized spacial score (nSPS) is 14.1. The van der Waals surface area contributed by atoms with Crippen LogP contribution in [0.1, 0.15) is 48.6 Å². The molecule has 2 heterocycles. The van der Waals surface area contributed by atoms with E-state index in [9.17, 15) is 4.39 Å². The lowest BCUT2D eigenvalue weighted by Crippen LogP contribution is -2.24. The largest absolute Gasteiger partial charge is 0.459 e. The molecular weight excluding hydrogens is 293 g/mol. The van der Waals surface area contributed by atoms with Crippen molar-refractivity contribution in [2.75, 3.05) is 0 Å². The Kier molecular flexibility index (Phi) is 4.13. The zero-order valence-electron chi connectivity index (χ0n) is 13.7. The third kappa shape index (κ3) is 2.97. The smallest absolute Gasteiger partial charge is 0.134 e. The molecule has 0 bridgehead atoms. The molecule has 0 unspecified atom stereocenters. The Morgan fingerprint density at radius 1 is 1.09 bits per heavy atom. The minimum Gasteiger partial charge on any atom is -0.459 e. The lowest BCUT2D eigenvalue weighted by atomic mass is 10.1. The number of rotatable bonds is 4. The zero-order chi connectivity index (χ0) is 16.6. The van der Waals surface area contributed by atoms with Crippen molar-refractivity contribution >= 4 is 11.0 Å². The van der Waals surface area contributed by atoms with Crippen LogP contribution in [0.25, 0.3) is 11.0 Å². The van der Waals surface area contributed by atoms with E-state index >= 15 is 0 Å². The second kappa shape index (κ2) is 6.08. The maximum Gasteiger partial charge on any atom is 0.134 e. The Morgan fingerprint density at radius 2 is 1.83 bits per heavy atom.